The zero-order valence-electron chi connectivity index (χ0n) is 19.5. The number of alkyl halides is 1. The molecule has 6 nitrogen and oxygen atoms in total. The van der Waals surface area contributed by atoms with Gasteiger partial charge in [-0.2, -0.15) is 0 Å². The van der Waals surface area contributed by atoms with Crippen molar-refractivity contribution >= 4 is 11.6 Å². The van der Waals surface area contributed by atoms with Crippen LogP contribution in [0.5, 0.6) is 0 Å². The monoisotopic (exact) mass is 475 g/mol. The Labute approximate surface area is 198 Å². The van der Waals surface area contributed by atoms with Gasteiger partial charge in [0, 0.05) is 77.0 Å². The van der Waals surface area contributed by atoms with E-state index in [0.717, 1.165) is 11.3 Å². The fourth-order valence-electron chi connectivity index (χ4n) is 4.82. The molecular formula is C25H32F3N5O. The van der Waals surface area contributed by atoms with Crippen molar-refractivity contribution in [2.45, 2.75) is 50.5 Å². The standard InChI is InChI=1S/C25H32F3N5O/c1-29-23-16-30-10-5-18(23)17-32-13-8-25(28,9-14-32)24(34)33-11-6-19(7-12-33)31-15-20-21(26)3-2-4-22(20)27/h2-5,10,16,19,29,31H,6-9,11-15,17H2,1H3. The van der Waals surface area contributed by atoms with Crippen LogP contribution in [0, 0.1) is 11.6 Å². The van der Waals surface area contributed by atoms with Crippen molar-refractivity contribution in [1.82, 2.24) is 20.1 Å². The summed E-state index contributed by atoms with van der Waals surface area (Å²) in [7, 11) is 1.85. The van der Waals surface area contributed by atoms with Gasteiger partial charge in [0.05, 0.1) is 11.9 Å². The van der Waals surface area contributed by atoms with Gasteiger partial charge in [-0.25, -0.2) is 13.2 Å². The molecule has 4 rings (SSSR count). The quantitative estimate of drug-likeness (QED) is 0.642. The first-order valence-electron chi connectivity index (χ1n) is 11.9. The number of nitrogens with one attached hydrogen (secondary N) is 2. The molecule has 9 heteroatoms. The smallest absolute Gasteiger partial charge is 0.260 e. The number of hydrogen-bond donors (Lipinski definition) is 2. The molecule has 1 amide bonds. The number of nitrogens with zero attached hydrogens (tertiary/aromatic N) is 3. The van der Waals surface area contributed by atoms with E-state index in [4.69, 9.17) is 0 Å². The van der Waals surface area contributed by atoms with Crippen molar-refractivity contribution < 1.29 is 18.0 Å². The summed E-state index contributed by atoms with van der Waals surface area (Å²) in [5, 5.41) is 6.30. The molecule has 1 aromatic heterocycles. The first-order chi connectivity index (χ1) is 16.4. The van der Waals surface area contributed by atoms with Crippen LogP contribution in [0.15, 0.2) is 36.7 Å². The highest BCUT2D eigenvalue weighted by Gasteiger charge is 2.44. The van der Waals surface area contributed by atoms with Crippen LogP contribution in [-0.4, -0.2) is 65.6 Å². The lowest BCUT2D eigenvalue weighted by molar-refractivity contribution is -0.148. The number of aromatic nitrogens is 1. The lowest BCUT2D eigenvalue weighted by Gasteiger charge is -2.40. The van der Waals surface area contributed by atoms with Crippen LogP contribution >= 0.6 is 0 Å². The van der Waals surface area contributed by atoms with Crippen molar-refractivity contribution in [3.8, 4) is 0 Å². The van der Waals surface area contributed by atoms with Crippen LogP contribution in [0.3, 0.4) is 0 Å². The van der Waals surface area contributed by atoms with Gasteiger partial charge in [-0.1, -0.05) is 6.07 Å². The maximum absolute atomic E-state index is 15.6. The Morgan fingerprint density at radius 3 is 2.44 bits per heavy atom. The van der Waals surface area contributed by atoms with Crippen LogP contribution < -0.4 is 10.6 Å². The topological polar surface area (TPSA) is 60.5 Å². The van der Waals surface area contributed by atoms with Gasteiger partial charge in [-0.05, 0) is 36.6 Å². The molecule has 2 aliphatic rings. The summed E-state index contributed by atoms with van der Waals surface area (Å²) in [4.78, 5) is 20.9. The van der Waals surface area contributed by atoms with Crippen LogP contribution in [0.25, 0.3) is 0 Å². The fourth-order valence-corrected chi connectivity index (χ4v) is 4.82. The van der Waals surface area contributed by atoms with E-state index < -0.39 is 23.2 Å². The zero-order chi connectivity index (χ0) is 24.1. The maximum Gasteiger partial charge on any atom is 0.260 e. The van der Waals surface area contributed by atoms with Gasteiger partial charge < -0.3 is 15.5 Å². The lowest BCUT2D eigenvalue weighted by Crippen LogP contribution is -2.55. The molecule has 0 bridgehead atoms. The molecule has 0 radical (unpaired) electrons. The van der Waals surface area contributed by atoms with E-state index in [1.807, 2.05) is 13.1 Å². The third-order valence-electron chi connectivity index (χ3n) is 7.02. The SMILES string of the molecule is CNc1cnccc1CN1CCC(F)(C(=O)N2CCC(NCc3c(F)cccc3F)CC2)CC1. The van der Waals surface area contributed by atoms with Gasteiger partial charge in [0.2, 0.25) is 0 Å². The molecule has 2 saturated heterocycles. The van der Waals surface area contributed by atoms with E-state index in [-0.39, 0.29) is 31.0 Å². The van der Waals surface area contributed by atoms with E-state index in [0.29, 0.717) is 45.6 Å². The lowest BCUT2D eigenvalue weighted by atomic mass is 9.90. The number of carbonyl (C=O) groups is 1. The van der Waals surface area contributed by atoms with Crippen LogP contribution in [0.4, 0.5) is 18.9 Å². The largest absolute Gasteiger partial charge is 0.387 e. The van der Waals surface area contributed by atoms with Crippen molar-refractivity contribution in [2.24, 2.45) is 0 Å². The fraction of sp³-hybridized carbons (Fsp3) is 0.520. The highest BCUT2D eigenvalue weighted by molar-refractivity contribution is 5.85. The molecule has 2 aromatic rings. The summed E-state index contributed by atoms with van der Waals surface area (Å²) in [5.41, 5.74) is 0.228. The highest BCUT2D eigenvalue weighted by Crippen LogP contribution is 2.31. The van der Waals surface area contributed by atoms with Crippen molar-refractivity contribution in [2.75, 3.05) is 38.5 Å². The number of piperidine rings is 2. The van der Waals surface area contributed by atoms with Gasteiger partial charge >= 0.3 is 0 Å². The molecule has 0 aliphatic carbocycles. The summed E-state index contributed by atoms with van der Waals surface area (Å²) in [5.74, 6) is -1.57. The Balaban J connectivity index is 1.24. The number of rotatable bonds is 7. The number of pyridine rings is 1. The van der Waals surface area contributed by atoms with Crippen LogP contribution in [-0.2, 0) is 17.9 Å². The molecule has 2 N–H and O–H groups in total. The van der Waals surface area contributed by atoms with Crippen molar-refractivity contribution in [3.63, 3.8) is 0 Å². The molecule has 0 saturated carbocycles. The first-order valence-corrected chi connectivity index (χ1v) is 11.9. The third kappa shape index (κ3) is 5.52. The second-order valence-electron chi connectivity index (χ2n) is 9.17. The molecule has 0 atom stereocenters. The molecule has 0 unspecified atom stereocenters. The van der Waals surface area contributed by atoms with Crippen molar-refractivity contribution in [1.29, 1.82) is 0 Å². The molecule has 0 spiro atoms. The van der Waals surface area contributed by atoms with E-state index >= 15 is 4.39 Å². The van der Waals surface area contributed by atoms with Gasteiger partial charge in [0.25, 0.3) is 5.91 Å². The Bertz CT molecular complexity index is 968. The van der Waals surface area contributed by atoms with Gasteiger partial charge in [0.15, 0.2) is 5.67 Å². The highest BCUT2D eigenvalue weighted by atomic mass is 19.1. The summed E-state index contributed by atoms with van der Waals surface area (Å²) in [6, 6.07) is 5.80. The number of amides is 1. The average molecular weight is 476 g/mol. The molecule has 3 heterocycles. The molecular weight excluding hydrogens is 443 g/mol. The molecule has 34 heavy (non-hydrogen) atoms. The van der Waals surface area contributed by atoms with Crippen molar-refractivity contribution in [3.05, 3.63) is 59.4 Å². The van der Waals surface area contributed by atoms with E-state index in [2.05, 4.69) is 20.5 Å². The first kappa shape index (κ1) is 24.5. The van der Waals surface area contributed by atoms with E-state index in [1.54, 1.807) is 17.3 Å². The van der Waals surface area contributed by atoms with E-state index in [1.165, 1.54) is 18.2 Å². The number of hydrogen-bond acceptors (Lipinski definition) is 5. The minimum absolute atomic E-state index is 0.0177. The predicted molar refractivity (Wildman–Crippen MR) is 125 cm³/mol. The molecule has 2 aliphatic heterocycles. The van der Waals surface area contributed by atoms with Crippen LogP contribution in [0.1, 0.15) is 36.8 Å². The zero-order valence-corrected chi connectivity index (χ0v) is 19.5. The van der Waals surface area contributed by atoms with Gasteiger partial charge in [0.1, 0.15) is 11.6 Å². The average Bonchev–Trinajstić information content (AvgIpc) is 2.85. The number of benzene rings is 1. The summed E-state index contributed by atoms with van der Waals surface area (Å²) in [6.07, 6.45) is 5.12. The number of likely N-dealkylation sites (tertiary alicyclic amines) is 2. The second kappa shape index (κ2) is 10.7. The summed E-state index contributed by atoms with van der Waals surface area (Å²) < 4.78 is 43.3. The van der Waals surface area contributed by atoms with Gasteiger partial charge in [-0.3, -0.25) is 14.7 Å². The molecule has 2 fully saturated rings. The number of carbonyl (C=O) groups excluding carboxylic acids is 1. The number of anilines is 1. The predicted octanol–water partition coefficient (Wildman–Crippen LogP) is 3.49. The number of halogens is 3. The van der Waals surface area contributed by atoms with E-state index in [9.17, 15) is 13.6 Å². The Hall–Kier alpha value is -2.65. The normalized spacial score (nSPS) is 19.2. The maximum atomic E-state index is 15.6. The summed E-state index contributed by atoms with van der Waals surface area (Å²) in [6.45, 7) is 2.68. The minimum Gasteiger partial charge on any atom is -0.387 e. The minimum atomic E-state index is -1.84. The molecule has 1 aromatic carbocycles. The Kier molecular flexibility index (Phi) is 7.73. The third-order valence-corrected chi connectivity index (χ3v) is 7.02. The Morgan fingerprint density at radius 1 is 1.12 bits per heavy atom. The second-order valence-corrected chi connectivity index (χ2v) is 9.17. The van der Waals surface area contributed by atoms with Crippen LogP contribution in [0.2, 0.25) is 0 Å². The Morgan fingerprint density at radius 2 is 1.79 bits per heavy atom. The molecule has 184 valence electrons. The summed E-state index contributed by atoms with van der Waals surface area (Å²) >= 11 is 0. The van der Waals surface area contributed by atoms with Gasteiger partial charge in [-0.15, -0.1) is 0 Å².